The van der Waals surface area contributed by atoms with Crippen molar-refractivity contribution >= 4 is 17.6 Å². The van der Waals surface area contributed by atoms with Crippen molar-refractivity contribution in [3.05, 3.63) is 29.8 Å². The van der Waals surface area contributed by atoms with E-state index in [1.54, 1.807) is 0 Å². The van der Waals surface area contributed by atoms with Gasteiger partial charge in [0.05, 0.1) is 12.1 Å². The van der Waals surface area contributed by atoms with Gasteiger partial charge in [-0.2, -0.15) is 0 Å². The van der Waals surface area contributed by atoms with Crippen molar-refractivity contribution in [3.8, 4) is 0 Å². The second kappa shape index (κ2) is 8.34. The number of anilines is 1. The van der Waals surface area contributed by atoms with Crippen LogP contribution < -0.4 is 15.5 Å². The van der Waals surface area contributed by atoms with Gasteiger partial charge in [0, 0.05) is 25.2 Å². The van der Waals surface area contributed by atoms with Crippen LogP contribution in [-0.4, -0.2) is 35.7 Å². The molecular weight excluding hydrogens is 318 g/mol. The first-order chi connectivity index (χ1) is 12.1. The maximum Gasteiger partial charge on any atom is 0.315 e. The third-order valence-corrected chi connectivity index (χ3v) is 5.07. The molecule has 1 saturated carbocycles. The molecule has 0 spiro atoms. The molecule has 1 aliphatic heterocycles. The Hall–Kier alpha value is -2.08. The van der Waals surface area contributed by atoms with Crippen LogP contribution in [0.5, 0.6) is 0 Å². The summed E-state index contributed by atoms with van der Waals surface area (Å²) in [4.78, 5) is 25.8. The quantitative estimate of drug-likeness (QED) is 0.783. The standard InChI is InChI=1S/C19H27N3O3/c23-17-6-2-1-5-16(17)21-19(25)20-13-14-8-10-15(11-9-14)22-12-4-3-7-18(22)24/h8-11,16-17,23H,1-7,12-13H2,(H2,20,21,25)/t16-,17+/m1/s1. The Morgan fingerprint density at radius 3 is 2.60 bits per heavy atom. The van der Waals surface area contributed by atoms with Gasteiger partial charge in [0.2, 0.25) is 5.91 Å². The maximum absolute atomic E-state index is 12.0. The summed E-state index contributed by atoms with van der Waals surface area (Å²) in [5, 5.41) is 15.6. The largest absolute Gasteiger partial charge is 0.391 e. The zero-order valence-electron chi connectivity index (χ0n) is 14.5. The minimum atomic E-state index is -0.444. The smallest absolute Gasteiger partial charge is 0.315 e. The van der Waals surface area contributed by atoms with Crippen molar-refractivity contribution < 1.29 is 14.7 Å². The van der Waals surface area contributed by atoms with Crippen LogP contribution in [0.25, 0.3) is 0 Å². The van der Waals surface area contributed by atoms with Gasteiger partial charge in [-0.05, 0) is 43.4 Å². The number of aliphatic hydroxyl groups excluding tert-OH is 1. The van der Waals surface area contributed by atoms with E-state index in [2.05, 4.69) is 10.6 Å². The topological polar surface area (TPSA) is 81.7 Å². The number of nitrogens with zero attached hydrogens (tertiary/aromatic N) is 1. The molecule has 1 saturated heterocycles. The van der Waals surface area contributed by atoms with Gasteiger partial charge < -0.3 is 20.6 Å². The van der Waals surface area contributed by atoms with E-state index in [1.165, 1.54) is 0 Å². The summed E-state index contributed by atoms with van der Waals surface area (Å²) in [6, 6.07) is 7.34. The lowest BCUT2D eigenvalue weighted by molar-refractivity contribution is -0.119. The van der Waals surface area contributed by atoms with Gasteiger partial charge in [-0.25, -0.2) is 4.79 Å². The van der Waals surface area contributed by atoms with Crippen molar-refractivity contribution in [2.45, 2.75) is 63.6 Å². The van der Waals surface area contributed by atoms with Crippen LogP contribution >= 0.6 is 0 Å². The predicted molar refractivity (Wildman–Crippen MR) is 96.3 cm³/mol. The normalized spacial score (nSPS) is 24.0. The van der Waals surface area contributed by atoms with Gasteiger partial charge in [-0.3, -0.25) is 4.79 Å². The van der Waals surface area contributed by atoms with Crippen LogP contribution in [-0.2, 0) is 11.3 Å². The average molecular weight is 345 g/mol. The molecule has 0 unspecified atom stereocenters. The third-order valence-electron chi connectivity index (χ3n) is 5.07. The molecule has 6 heteroatoms. The summed E-state index contributed by atoms with van der Waals surface area (Å²) in [6.07, 6.45) is 5.84. The number of urea groups is 1. The van der Waals surface area contributed by atoms with Gasteiger partial charge in [-0.15, -0.1) is 0 Å². The SMILES string of the molecule is O=C(NCc1ccc(N2CCCCC2=O)cc1)N[C@@H]1CCCC[C@@H]1O. The second-order valence-corrected chi connectivity index (χ2v) is 6.95. The lowest BCUT2D eigenvalue weighted by Gasteiger charge is -2.28. The minimum absolute atomic E-state index is 0.152. The lowest BCUT2D eigenvalue weighted by atomic mass is 9.93. The fourth-order valence-corrected chi connectivity index (χ4v) is 3.55. The number of piperidine rings is 1. The van der Waals surface area contributed by atoms with Crippen molar-refractivity contribution in [1.82, 2.24) is 10.6 Å². The first-order valence-corrected chi connectivity index (χ1v) is 9.25. The van der Waals surface area contributed by atoms with Crippen LogP contribution in [0.15, 0.2) is 24.3 Å². The minimum Gasteiger partial charge on any atom is -0.391 e. The molecule has 3 rings (SSSR count). The average Bonchev–Trinajstić information content (AvgIpc) is 2.63. The van der Waals surface area contributed by atoms with Crippen LogP contribution in [0.3, 0.4) is 0 Å². The number of benzene rings is 1. The van der Waals surface area contributed by atoms with Crippen LogP contribution in [0.2, 0.25) is 0 Å². The highest BCUT2D eigenvalue weighted by atomic mass is 16.3. The summed E-state index contributed by atoms with van der Waals surface area (Å²) >= 11 is 0. The summed E-state index contributed by atoms with van der Waals surface area (Å²) in [5.41, 5.74) is 1.90. The number of carbonyl (C=O) groups is 2. The number of rotatable bonds is 4. The molecule has 0 bridgehead atoms. The zero-order valence-corrected chi connectivity index (χ0v) is 14.5. The molecule has 2 aliphatic rings. The summed E-state index contributed by atoms with van der Waals surface area (Å²) in [7, 11) is 0. The fraction of sp³-hybridized carbons (Fsp3) is 0.579. The van der Waals surface area contributed by atoms with Crippen molar-refractivity contribution in [1.29, 1.82) is 0 Å². The Morgan fingerprint density at radius 2 is 1.88 bits per heavy atom. The molecule has 3 N–H and O–H groups in total. The molecular formula is C19H27N3O3. The van der Waals surface area contributed by atoms with E-state index >= 15 is 0 Å². The zero-order chi connectivity index (χ0) is 17.6. The van der Waals surface area contributed by atoms with E-state index in [4.69, 9.17) is 0 Å². The van der Waals surface area contributed by atoms with E-state index in [-0.39, 0.29) is 18.0 Å². The lowest BCUT2D eigenvalue weighted by Crippen LogP contribution is -2.48. The first-order valence-electron chi connectivity index (χ1n) is 9.25. The molecule has 3 amide bonds. The predicted octanol–water partition coefficient (Wildman–Crippen LogP) is 2.31. The highest BCUT2D eigenvalue weighted by molar-refractivity contribution is 5.93. The van der Waals surface area contributed by atoms with Crippen LogP contribution in [0.1, 0.15) is 50.5 Å². The third kappa shape index (κ3) is 4.72. The van der Waals surface area contributed by atoms with Crippen LogP contribution in [0.4, 0.5) is 10.5 Å². The Balaban J connectivity index is 1.48. The molecule has 1 aromatic carbocycles. The number of carbonyl (C=O) groups excluding carboxylic acids is 2. The number of amides is 3. The number of nitrogens with one attached hydrogen (secondary N) is 2. The summed E-state index contributed by atoms with van der Waals surface area (Å²) in [5.74, 6) is 0.183. The second-order valence-electron chi connectivity index (χ2n) is 6.95. The van der Waals surface area contributed by atoms with Gasteiger partial charge in [0.1, 0.15) is 0 Å². The van der Waals surface area contributed by atoms with Crippen molar-refractivity contribution in [2.75, 3.05) is 11.4 Å². The molecule has 6 nitrogen and oxygen atoms in total. The molecule has 1 heterocycles. The van der Waals surface area contributed by atoms with E-state index in [0.29, 0.717) is 13.0 Å². The van der Waals surface area contributed by atoms with E-state index in [1.807, 2.05) is 29.2 Å². The van der Waals surface area contributed by atoms with Crippen molar-refractivity contribution in [3.63, 3.8) is 0 Å². The molecule has 0 aromatic heterocycles. The Labute approximate surface area is 148 Å². The van der Waals surface area contributed by atoms with Gasteiger partial charge in [-0.1, -0.05) is 25.0 Å². The highest BCUT2D eigenvalue weighted by Gasteiger charge is 2.24. The summed E-state index contributed by atoms with van der Waals surface area (Å²) in [6.45, 7) is 1.20. The molecule has 136 valence electrons. The molecule has 2 atom stereocenters. The Morgan fingerprint density at radius 1 is 1.12 bits per heavy atom. The molecule has 1 aliphatic carbocycles. The number of aliphatic hydroxyl groups is 1. The first kappa shape index (κ1) is 17.7. The van der Waals surface area contributed by atoms with Gasteiger partial charge >= 0.3 is 6.03 Å². The monoisotopic (exact) mass is 345 g/mol. The van der Waals surface area contributed by atoms with E-state index in [9.17, 15) is 14.7 Å². The molecule has 1 aromatic rings. The molecule has 25 heavy (non-hydrogen) atoms. The number of hydrogen-bond acceptors (Lipinski definition) is 3. The van der Waals surface area contributed by atoms with Crippen LogP contribution in [0, 0.1) is 0 Å². The Kier molecular flexibility index (Phi) is 5.91. The maximum atomic E-state index is 12.0. The fourth-order valence-electron chi connectivity index (χ4n) is 3.55. The van der Waals surface area contributed by atoms with E-state index < -0.39 is 6.10 Å². The molecule has 0 radical (unpaired) electrons. The number of hydrogen-bond donors (Lipinski definition) is 3. The Bertz CT molecular complexity index is 602. The van der Waals surface area contributed by atoms with Crippen molar-refractivity contribution in [2.24, 2.45) is 0 Å². The van der Waals surface area contributed by atoms with Gasteiger partial charge in [0.15, 0.2) is 0 Å². The highest BCUT2D eigenvalue weighted by Crippen LogP contribution is 2.21. The van der Waals surface area contributed by atoms with E-state index in [0.717, 1.165) is 56.3 Å². The van der Waals surface area contributed by atoms with Gasteiger partial charge in [0.25, 0.3) is 0 Å². The molecule has 2 fully saturated rings. The summed E-state index contributed by atoms with van der Waals surface area (Å²) < 4.78 is 0.